The highest BCUT2D eigenvalue weighted by molar-refractivity contribution is 7.80. The molecule has 92 valence electrons. The normalized spacial score (nSPS) is 16.5. The lowest BCUT2D eigenvalue weighted by molar-refractivity contribution is 0.238. The molecule has 4 heteroatoms. The zero-order valence-corrected chi connectivity index (χ0v) is 10.5. The lowest BCUT2D eigenvalue weighted by atomic mass is 10.0. The molecular weight excluding hydrogens is 234 g/mol. The average Bonchev–Trinajstić information content (AvgIpc) is 3.06. The molecule has 3 N–H and O–H groups in total. The van der Waals surface area contributed by atoms with Crippen molar-refractivity contribution in [3.8, 4) is 5.75 Å². The quantitative estimate of drug-likeness (QED) is 0.759. The van der Waals surface area contributed by atoms with Crippen molar-refractivity contribution in [2.45, 2.75) is 25.9 Å². The van der Waals surface area contributed by atoms with Gasteiger partial charge >= 0.3 is 0 Å². The van der Waals surface area contributed by atoms with E-state index in [-0.39, 0.29) is 12.0 Å². The van der Waals surface area contributed by atoms with Gasteiger partial charge in [-0.15, -0.1) is 0 Å². The first kappa shape index (κ1) is 12.3. The number of hydrogen-bond donors (Lipinski definition) is 2. The highest BCUT2D eigenvalue weighted by atomic mass is 32.1. The van der Waals surface area contributed by atoms with Crippen molar-refractivity contribution in [3.63, 3.8) is 0 Å². The van der Waals surface area contributed by atoms with Crippen LogP contribution in [0.3, 0.4) is 0 Å². The zero-order chi connectivity index (χ0) is 12.3. The molecule has 1 aromatic carbocycles. The molecule has 2 rings (SSSR count). The van der Waals surface area contributed by atoms with E-state index in [2.05, 4.69) is 0 Å². The van der Waals surface area contributed by atoms with E-state index in [1.165, 1.54) is 0 Å². The van der Waals surface area contributed by atoms with Crippen LogP contribution in [0.5, 0.6) is 5.75 Å². The van der Waals surface area contributed by atoms with Crippen LogP contribution < -0.4 is 10.5 Å². The maximum Gasteiger partial charge on any atom is 0.119 e. The van der Waals surface area contributed by atoms with Crippen molar-refractivity contribution in [2.75, 3.05) is 6.61 Å². The van der Waals surface area contributed by atoms with Crippen LogP contribution in [0.25, 0.3) is 0 Å². The fourth-order valence-electron chi connectivity index (χ4n) is 1.85. The molecule has 0 heterocycles. The first-order chi connectivity index (χ1) is 8.13. The third-order valence-corrected chi connectivity index (χ3v) is 3.30. The minimum Gasteiger partial charge on any atom is -0.493 e. The Hall–Kier alpha value is -1.13. The Labute approximate surface area is 107 Å². The van der Waals surface area contributed by atoms with Crippen LogP contribution in [0.15, 0.2) is 24.3 Å². The number of aliphatic hydroxyl groups is 1. The van der Waals surface area contributed by atoms with E-state index < -0.39 is 0 Å². The Morgan fingerprint density at radius 1 is 1.35 bits per heavy atom. The predicted molar refractivity (Wildman–Crippen MR) is 70.9 cm³/mol. The molecule has 0 bridgehead atoms. The van der Waals surface area contributed by atoms with Crippen molar-refractivity contribution < 1.29 is 9.84 Å². The van der Waals surface area contributed by atoms with Crippen molar-refractivity contribution in [3.05, 3.63) is 29.8 Å². The number of rotatable bonds is 6. The molecule has 0 aliphatic heterocycles. The Kier molecular flexibility index (Phi) is 3.64. The van der Waals surface area contributed by atoms with E-state index in [1.807, 2.05) is 24.3 Å². The highest BCUT2D eigenvalue weighted by Crippen LogP contribution is 2.48. The van der Waals surface area contributed by atoms with Gasteiger partial charge in [0.1, 0.15) is 5.75 Å². The molecular formula is C13H17NO2S. The molecule has 1 fully saturated rings. The summed E-state index contributed by atoms with van der Waals surface area (Å²) in [7, 11) is 0. The topological polar surface area (TPSA) is 55.5 Å². The van der Waals surface area contributed by atoms with E-state index in [1.54, 1.807) is 0 Å². The van der Waals surface area contributed by atoms with Gasteiger partial charge in [0.15, 0.2) is 0 Å². The summed E-state index contributed by atoms with van der Waals surface area (Å²) < 4.78 is 5.74. The maximum atomic E-state index is 8.93. The van der Waals surface area contributed by atoms with Gasteiger partial charge in [-0.3, -0.25) is 0 Å². The van der Waals surface area contributed by atoms with Crippen LogP contribution in [0, 0.1) is 5.41 Å². The standard InChI is InChI=1S/C13H17NO2S/c14-12(17)7-13(5-6-13)9-16-11-3-1-10(8-15)2-4-11/h1-4,15H,5-9H2,(H2,14,17). The number of aliphatic hydroxyl groups excluding tert-OH is 1. The summed E-state index contributed by atoms with van der Waals surface area (Å²) in [6, 6.07) is 7.48. The minimum atomic E-state index is 0.0612. The lowest BCUT2D eigenvalue weighted by Crippen LogP contribution is -2.20. The Balaban J connectivity index is 1.87. The minimum absolute atomic E-state index is 0.0612. The summed E-state index contributed by atoms with van der Waals surface area (Å²) in [5.41, 5.74) is 6.65. The number of benzene rings is 1. The van der Waals surface area contributed by atoms with Gasteiger partial charge in [0.25, 0.3) is 0 Å². The van der Waals surface area contributed by atoms with Gasteiger partial charge in [0, 0.05) is 11.8 Å². The first-order valence-electron chi connectivity index (χ1n) is 5.74. The van der Waals surface area contributed by atoms with Crippen molar-refractivity contribution in [1.29, 1.82) is 0 Å². The van der Waals surface area contributed by atoms with Crippen LogP contribution in [0.4, 0.5) is 0 Å². The van der Waals surface area contributed by atoms with Gasteiger partial charge in [-0.1, -0.05) is 24.4 Å². The molecule has 0 atom stereocenters. The number of nitrogens with two attached hydrogens (primary N) is 1. The van der Waals surface area contributed by atoms with E-state index >= 15 is 0 Å². The smallest absolute Gasteiger partial charge is 0.119 e. The molecule has 3 nitrogen and oxygen atoms in total. The molecule has 0 saturated heterocycles. The molecule has 0 unspecified atom stereocenters. The molecule has 17 heavy (non-hydrogen) atoms. The summed E-state index contributed by atoms with van der Waals surface area (Å²) in [6.45, 7) is 0.731. The summed E-state index contributed by atoms with van der Waals surface area (Å²) in [6.07, 6.45) is 3.05. The summed E-state index contributed by atoms with van der Waals surface area (Å²) in [5.74, 6) is 0.830. The number of ether oxygens (including phenoxy) is 1. The fraction of sp³-hybridized carbons (Fsp3) is 0.462. The van der Waals surface area contributed by atoms with E-state index in [0.717, 1.165) is 30.6 Å². The summed E-state index contributed by atoms with van der Waals surface area (Å²) >= 11 is 4.94. The second-order valence-electron chi connectivity index (χ2n) is 4.73. The molecule has 0 radical (unpaired) electrons. The van der Waals surface area contributed by atoms with Crippen molar-refractivity contribution in [1.82, 2.24) is 0 Å². The zero-order valence-electron chi connectivity index (χ0n) is 9.69. The Bertz CT molecular complexity index is 398. The number of thiocarbonyl (C=S) groups is 1. The van der Waals surface area contributed by atoms with Crippen molar-refractivity contribution in [2.24, 2.45) is 11.1 Å². The molecule has 1 saturated carbocycles. The third-order valence-electron chi connectivity index (χ3n) is 3.16. The monoisotopic (exact) mass is 251 g/mol. The average molecular weight is 251 g/mol. The van der Waals surface area contributed by atoms with Gasteiger partial charge in [0.2, 0.25) is 0 Å². The van der Waals surface area contributed by atoms with Gasteiger partial charge in [-0.25, -0.2) is 0 Å². The van der Waals surface area contributed by atoms with Gasteiger partial charge < -0.3 is 15.6 Å². The van der Waals surface area contributed by atoms with Crippen LogP contribution in [-0.2, 0) is 6.61 Å². The van der Waals surface area contributed by atoms with E-state index in [0.29, 0.717) is 11.6 Å². The molecule has 1 aliphatic carbocycles. The van der Waals surface area contributed by atoms with Gasteiger partial charge in [0.05, 0.1) is 18.2 Å². The third kappa shape index (κ3) is 3.41. The molecule has 0 spiro atoms. The van der Waals surface area contributed by atoms with Crippen LogP contribution in [-0.4, -0.2) is 16.7 Å². The molecule has 0 amide bonds. The maximum absolute atomic E-state index is 8.93. The molecule has 1 aromatic rings. The van der Waals surface area contributed by atoms with E-state index in [4.69, 9.17) is 27.8 Å². The van der Waals surface area contributed by atoms with Crippen LogP contribution >= 0.6 is 12.2 Å². The Morgan fingerprint density at radius 3 is 2.47 bits per heavy atom. The van der Waals surface area contributed by atoms with Gasteiger partial charge in [-0.2, -0.15) is 0 Å². The predicted octanol–water partition coefficient (Wildman–Crippen LogP) is 2.01. The molecule has 1 aliphatic rings. The SMILES string of the molecule is NC(=S)CC1(COc2ccc(CO)cc2)CC1. The summed E-state index contributed by atoms with van der Waals surface area (Å²) in [5, 5.41) is 8.93. The highest BCUT2D eigenvalue weighted by Gasteiger charge is 2.43. The van der Waals surface area contributed by atoms with Crippen LogP contribution in [0.1, 0.15) is 24.8 Å². The van der Waals surface area contributed by atoms with Crippen molar-refractivity contribution >= 4 is 17.2 Å². The second-order valence-corrected chi connectivity index (χ2v) is 5.26. The largest absolute Gasteiger partial charge is 0.493 e. The van der Waals surface area contributed by atoms with Gasteiger partial charge in [-0.05, 0) is 30.5 Å². The lowest BCUT2D eigenvalue weighted by Gasteiger charge is -2.15. The fourth-order valence-corrected chi connectivity index (χ4v) is 2.15. The van der Waals surface area contributed by atoms with Crippen LogP contribution in [0.2, 0.25) is 0 Å². The second kappa shape index (κ2) is 5.02. The molecule has 0 aromatic heterocycles. The number of hydrogen-bond acceptors (Lipinski definition) is 3. The summed E-state index contributed by atoms with van der Waals surface area (Å²) in [4.78, 5) is 0.571. The first-order valence-corrected chi connectivity index (χ1v) is 6.15. The van der Waals surface area contributed by atoms with E-state index in [9.17, 15) is 0 Å². The Morgan fingerprint density at radius 2 is 2.00 bits per heavy atom.